The molecule has 0 spiro atoms. The highest BCUT2D eigenvalue weighted by Gasteiger charge is 2.24. The Labute approximate surface area is 91.5 Å². The average molecular weight is 218 g/mol. The van der Waals surface area contributed by atoms with Gasteiger partial charge in [-0.05, 0) is 37.1 Å². The molecule has 3 nitrogen and oxygen atoms in total. The largest absolute Gasteiger partial charge is 0.273 e. The number of benzene rings is 1. The van der Waals surface area contributed by atoms with E-state index in [4.69, 9.17) is 0 Å². The van der Waals surface area contributed by atoms with Crippen LogP contribution in [0.5, 0.6) is 0 Å². The van der Waals surface area contributed by atoms with Gasteiger partial charge in [-0.1, -0.05) is 11.8 Å². The Hall–Kier alpha value is -1.29. The van der Waals surface area contributed by atoms with Gasteiger partial charge in [-0.15, -0.1) is 0 Å². The van der Waals surface area contributed by atoms with E-state index in [9.17, 15) is 4.79 Å². The van der Waals surface area contributed by atoms with Crippen molar-refractivity contribution in [1.29, 1.82) is 0 Å². The summed E-state index contributed by atoms with van der Waals surface area (Å²) in [6.45, 7) is 4.12. The second kappa shape index (κ2) is 2.85. The van der Waals surface area contributed by atoms with Gasteiger partial charge >= 0.3 is 0 Å². The fourth-order valence-corrected chi connectivity index (χ4v) is 2.71. The average Bonchev–Trinajstić information content (AvgIpc) is 2.69. The minimum absolute atomic E-state index is 0.140. The van der Waals surface area contributed by atoms with Crippen molar-refractivity contribution >= 4 is 28.7 Å². The van der Waals surface area contributed by atoms with E-state index >= 15 is 0 Å². The Bertz CT molecular complexity index is 586. The summed E-state index contributed by atoms with van der Waals surface area (Å²) in [5.41, 5.74) is 4.29. The maximum Gasteiger partial charge on any atom is 0.243 e. The summed E-state index contributed by atoms with van der Waals surface area (Å²) in [5, 5.41) is 0.833. The first-order chi connectivity index (χ1) is 7.16. The van der Waals surface area contributed by atoms with Crippen molar-refractivity contribution in [3.05, 3.63) is 23.3 Å². The highest BCUT2D eigenvalue weighted by molar-refractivity contribution is 8.00. The predicted octanol–water partition coefficient (Wildman–Crippen LogP) is 2.40. The van der Waals surface area contributed by atoms with E-state index in [1.165, 1.54) is 22.9 Å². The highest BCUT2D eigenvalue weighted by atomic mass is 32.2. The van der Waals surface area contributed by atoms with Crippen molar-refractivity contribution in [2.75, 3.05) is 5.75 Å². The van der Waals surface area contributed by atoms with Crippen LogP contribution < -0.4 is 0 Å². The zero-order valence-corrected chi connectivity index (χ0v) is 9.39. The molecule has 3 rings (SSSR count). The Morgan fingerprint density at radius 2 is 2.07 bits per heavy atom. The van der Waals surface area contributed by atoms with E-state index in [1.807, 2.05) is 12.1 Å². The summed E-state index contributed by atoms with van der Waals surface area (Å²) in [5.74, 6) is 0.659. The Morgan fingerprint density at radius 3 is 2.87 bits per heavy atom. The topological polar surface area (TPSA) is 34.9 Å². The van der Waals surface area contributed by atoms with Gasteiger partial charge in [0.25, 0.3) is 0 Å². The molecule has 1 aromatic carbocycles. The monoisotopic (exact) mass is 218 g/mol. The van der Waals surface area contributed by atoms with Gasteiger partial charge < -0.3 is 0 Å². The lowest BCUT2D eigenvalue weighted by Gasteiger charge is -2.01. The summed E-state index contributed by atoms with van der Waals surface area (Å²) in [6, 6.07) is 4.09. The highest BCUT2D eigenvalue weighted by Crippen LogP contribution is 2.30. The number of imidazole rings is 1. The van der Waals surface area contributed by atoms with E-state index in [0.717, 1.165) is 16.2 Å². The molecule has 0 amide bonds. The van der Waals surface area contributed by atoms with Crippen LogP contribution in [0.4, 0.5) is 0 Å². The smallest absolute Gasteiger partial charge is 0.243 e. The first-order valence-corrected chi connectivity index (χ1v) is 5.81. The first kappa shape index (κ1) is 8.97. The molecule has 0 saturated carbocycles. The third kappa shape index (κ3) is 1.14. The lowest BCUT2D eigenvalue weighted by molar-refractivity contribution is 0.0944. The molecule has 0 bridgehead atoms. The van der Waals surface area contributed by atoms with Gasteiger partial charge in [-0.2, -0.15) is 0 Å². The van der Waals surface area contributed by atoms with Gasteiger partial charge in [0, 0.05) is 0 Å². The van der Waals surface area contributed by atoms with Gasteiger partial charge in [0.2, 0.25) is 5.91 Å². The van der Waals surface area contributed by atoms with E-state index in [0.29, 0.717) is 5.75 Å². The molecule has 0 aliphatic carbocycles. The molecule has 1 aliphatic rings. The Balaban J connectivity index is 2.42. The van der Waals surface area contributed by atoms with Crippen molar-refractivity contribution in [2.24, 2.45) is 0 Å². The molecule has 0 atom stereocenters. The summed E-state index contributed by atoms with van der Waals surface area (Å²) >= 11 is 1.52. The van der Waals surface area contributed by atoms with E-state index in [2.05, 4.69) is 18.8 Å². The van der Waals surface area contributed by atoms with Gasteiger partial charge in [0.05, 0.1) is 16.8 Å². The summed E-state index contributed by atoms with van der Waals surface area (Å²) in [6.07, 6.45) is 0. The number of hydrogen-bond donors (Lipinski definition) is 0. The van der Waals surface area contributed by atoms with Crippen LogP contribution in [0.2, 0.25) is 0 Å². The molecule has 0 radical (unpaired) electrons. The van der Waals surface area contributed by atoms with Crippen LogP contribution >= 0.6 is 11.8 Å². The third-order valence-corrected chi connectivity index (χ3v) is 3.74. The molecule has 1 aromatic heterocycles. The first-order valence-electron chi connectivity index (χ1n) is 4.82. The predicted molar refractivity (Wildman–Crippen MR) is 60.6 cm³/mol. The zero-order valence-electron chi connectivity index (χ0n) is 8.57. The molecule has 1 aliphatic heterocycles. The Morgan fingerprint density at radius 1 is 1.33 bits per heavy atom. The minimum atomic E-state index is 0.140. The van der Waals surface area contributed by atoms with Crippen LogP contribution in [0.25, 0.3) is 11.0 Å². The molecule has 0 fully saturated rings. The van der Waals surface area contributed by atoms with Crippen LogP contribution in [0.15, 0.2) is 17.3 Å². The number of aryl methyl sites for hydroxylation is 2. The molecule has 2 heterocycles. The molecule has 0 N–H and O–H groups in total. The lowest BCUT2D eigenvalue weighted by atomic mass is 10.1. The second-order valence-electron chi connectivity index (χ2n) is 3.84. The summed E-state index contributed by atoms with van der Waals surface area (Å²) in [7, 11) is 0. The van der Waals surface area contributed by atoms with Gasteiger partial charge in [0.15, 0.2) is 5.16 Å². The normalized spacial score (nSPS) is 14.9. The fourth-order valence-electron chi connectivity index (χ4n) is 1.84. The van der Waals surface area contributed by atoms with Crippen LogP contribution in [0, 0.1) is 13.8 Å². The number of hydrogen-bond acceptors (Lipinski definition) is 3. The molecular weight excluding hydrogens is 208 g/mol. The molecule has 15 heavy (non-hydrogen) atoms. The molecule has 0 unspecified atom stereocenters. The van der Waals surface area contributed by atoms with Gasteiger partial charge in [0.1, 0.15) is 0 Å². The number of nitrogens with zero attached hydrogens (tertiary/aromatic N) is 2. The van der Waals surface area contributed by atoms with Crippen LogP contribution in [-0.2, 0) is 0 Å². The number of carbonyl (C=O) groups excluding carboxylic acids is 1. The van der Waals surface area contributed by atoms with E-state index in [-0.39, 0.29) is 5.91 Å². The van der Waals surface area contributed by atoms with Crippen molar-refractivity contribution in [3.63, 3.8) is 0 Å². The number of thioether (sulfide) groups is 1. The second-order valence-corrected chi connectivity index (χ2v) is 4.78. The molecule has 76 valence electrons. The number of aromatic nitrogens is 2. The molecule has 0 saturated heterocycles. The van der Waals surface area contributed by atoms with Crippen LogP contribution in [0.1, 0.15) is 15.9 Å². The third-order valence-electron chi connectivity index (χ3n) is 2.81. The maximum absolute atomic E-state index is 11.6. The number of carbonyl (C=O) groups is 1. The van der Waals surface area contributed by atoms with E-state index < -0.39 is 0 Å². The summed E-state index contributed by atoms with van der Waals surface area (Å²) < 4.78 is 1.73. The molecule has 4 heteroatoms. The van der Waals surface area contributed by atoms with Crippen molar-refractivity contribution in [1.82, 2.24) is 9.55 Å². The van der Waals surface area contributed by atoms with Gasteiger partial charge in [-0.3, -0.25) is 9.36 Å². The molecular formula is C11H10N2OS. The fraction of sp³-hybridized carbons (Fsp3) is 0.273. The number of fused-ring (bicyclic) bond motifs is 3. The van der Waals surface area contributed by atoms with Crippen LogP contribution in [0.3, 0.4) is 0 Å². The summed E-state index contributed by atoms with van der Waals surface area (Å²) in [4.78, 5) is 16.1. The molecule has 2 aromatic rings. The SMILES string of the molecule is Cc1cc2nc3n(c2cc1C)C(=O)CS3. The van der Waals surface area contributed by atoms with Gasteiger partial charge in [-0.25, -0.2) is 4.98 Å². The lowest BCUT2D eigenvalue weighted by Crippen LogP contribution is -2.06. The Kier molecular flexibility index (Phi) is 1.71. The minimum Gasteiger partial charge on any atom is -0.273 e. The van der Waals surface area contributed by atoms with E-state index in [1.54, 1.807) is 4.57 Å². The standard InChI is InChI=1S/C11H10N2OS/c1-6-3-8-9(4-7(6)2)13-10(14)5-15-11(13)12-8/h3-4H,5H2,1-2H3. The van der Waals surface area contributed by atoms with Crippen molar-refractivity contribution < 1.29 is 4.79 Å². The van der Waals surface area contributed by atoms with Crippen molar-refractivity contribution in [2.45, 2.75) is 19.0 Å². The van der Waals surface area contributed by atoms with Crippen molar-refractivity contribution in [3.8, 4) is 0 Å². The zero-order chi connectivity index (χ0) is 10.6. The number of rotatable bonds is 0. The van der Waals surface area contributed by atoms with Crippen LogP contribution in [-0.4, -0.2) is 21.2 Å². The quantitative estimate of drug-likeness (QED) is 0.681. The maximum atomic E-state index is 11.6.